The fourth-order valence-corrected chi connectivity index (χ4v) is 9.12. The summed E-state index contributed by atoms with van der Waals surface area (Å²) in [5, 5.41) is 6.75. The minimum Gasteiger partial charge on any atom is -0.491 e. The van der Waals surface area contributed by atoms with Crippen LogP contribution in [0.3, 0.4) is 0 Å². The number of halogens is 9. The SMILES string of the molecule is CN1Cc2nc(Cl)cc(Cl)c2C1=O.COc1c(N)ccc(F)c1F.COc1c(Nc2cc(CC(=O)C3CC3)nc3c2C(=O)N(C)C3)ccc(F)c1F.COc1c(Nc2cc(Cl)nc3c2C(=O)N(C)C3)ccc(F)c1F.NC(=O)C1CC1. The third-order valence-corrected chi connectivity index (χ3v) is 13.5. The predicted molar refractivity (Wildman–Crippen MR) is 288 cm³/mol. The number of carbonyl (C=O) groups is 5. The Labute approximate surface area is 474 Å². The number of primary amides is 1. The fourth-order valence-electron chi connectivity index (χ4n) is 8.35. The number of anilines is 5. The van der Waals surface area contributed by atoms with E-state index in [1.807, 2.05) is 0 Å². The molecule has 428 valence electrons. The first-order chi connectivity index (χ1) is 38.4. The van der Waals surface area contributed by atoms with Gasteiger partial charge in [-0.15, -0.1) is 0 Å². The van der Waals surface area contributed by atoms with E-state index in [4.69, 9.17) is 55.7 Å². The second-order valence-corrected chi connectivity index (χ2v) is 19.9. The van der Waals surface area contributed by atoms with Crippen LogP contribution in [-0.4, -0.2) is 102 Å². The van der Waals surface area contributed by atoms with Crippen molar-refractivity contribution >= 4 is 92.7 Å². The second kappa shape index (κ2) is 25.6. The van der Waals surface area contributed by atoms with E-state index < -0.39 is 34.9 Å². The van der Waals surface area contributed by atoms with Crippen LogP contribution in [0.2, 0.25) is 15.3 Å². The molecule has 2 saturated carbocycles. The molecule has 6 aromatic rings. The van der Waals surface area contributed by atoms with Crippen LogP contribution in [0, 0.1) is 46.7 Å². The van der Waals surface area contributed by atoms with E-state index in [9.17, 15) is 50.3 Å². The number of hydrogen-bond donors (Lipinski definition) is 4. The van der Waals surface area contributed by atoms with Crippen LogP contribution in [0.5, 0.6) is 17.2 Å². The van der Waals surface area contributed by atoms with Crippen molar-refractivity contribution in [3.05, 3.63) is 144 Å². The zero-order valence-corrected chi connectivity index (χ0v) is 46.3. The van der Waals surface area contributed by atoms with Gasteiger partial charge in [-0.3, -0.25) is 29.0 Å². The number of benzene rings is 3. The van der Waals surface area contributed by atoms with Crippen LogP contribution in [0.15, 0.2) is 54.6 Å². The van der Waals surface area contributed by atoms with Crippen molar-refractivity contribution in [3.63, 3.8) is 0 Å². The molecule has 2 aliphatic carbocycles. The summed E-state index contributed by atoms with van der Waals surface area (Å²) in [6.07, 6.45) is 4.04. The van der Waals surface area contributed by atoms with E-state index in [-0.39, 0.29) is 87.1 Å². The van der Waals surface area contributed by atoms with Crippen molar-refractivity contribution in [2.45, 2.75) is 51.7 Å². The summed E-state index contributed by atoms with van der Waals surface area (Å²) >= 11 is 17.5. The van der Waals surface area contributed by atoms with E-state index in [1.165, 1.54) is 61.5 Å². The Balaban J connectivity index is 0.000000159. The monoisotopic (exact) mass is 1190 g/mol. The van der Waals surface area contributed by atoms with Gasteiger partial charge in [-0.05, 0) is 80.3 Å². The topological polar surface area (TPSA) is 238 Å². The third kappa shape index (κ3) is 13.9. The second-order valence-electron chi connectivity index (χ2n) is 18.7. The van der Waals surface area contributed by atoms with Crippen LogP contribution in [0.1, 0.15) is 79.5 Å². The highest BCUT2D eigenvalue weighted by Crippen LogP contribution is 2.39. The number of fused-ring (bicyclic) bond motifs is 3. The number of amides is 4. The number of aromatic nitrogens is 3. The summed E-state index contributed by atoms with van der Waals surface area (Å²) in [5.41, 5.74) is 14.8. The summed E-state index contributed by atoms with van der Waals surface area (Å²) < 4.78 is 94.2. The zero-order valence-electron chi connectivity index (χ0n) is 44.0. The molecular formula is C54H51Cl3F6N10O8. The van der Waals surface area contributed by atoms with Crippen molar-refractivity contribution < 1.29 is 64.5 Å². The van der Waals surface area contributed by atoms with Gasteiger partial charge >= 0.3 is 0 Å². The number of ketones is 1. The molecule has 18 nitrogen and oxygen atoms in total. The number of rotatable bonds is 11. The molecule has 4 amide bonds. The Hall–Kier alpha value is -8.09. The fraction of sp³-hybridized carbons (Fsp3) is 0.296. The number of carbonyl (C=O) groups excluding carboxylic acids is 5. The maximum Gasteiger partial charge on any atom is 0.257 e. The van der Waals surface area contributed by atoms with Gasteiger partial charge in [-0.1, -0.05) is 34.8 Å². The molecule has 81 heavy (non-hydrogen) atoms. The Morgan fingerprint density at radius 3 is 1.38 bits per heavy atom. The molecule has 0 bridgehead atoms. The number of methoxy groups -OCH3 is 3. The van der Waals surface area contributed by atoms with Gasteiger partial charge in [0.15, 0.2) is 34.7 Å². The van der Waals surface area contributed by atoms with Gasteiger partial charge in [0.05, 0.1) is 114 Å². The van der Waals surface area contributed by atoms with Crippen molar-refractivity contribution in [1.82, 2.24) is 29.7 Å². The van der Waals surface area contributed by atoms with Gasteiger partial charge in [0.25, 0.3) is 17.7 Å². The number of nitrogens with zero attached hydrogens (tertiary/aromatic N) is 6. The molecule has 0 radical (unpaired) electrons. The lowest BCUT2D eigenvalue weighted by Crippen LogP contribution is -2.18. The number of hydrogen-bond acceptors (Lipinski definition) is 14. The maximum atomic E-state index is 14.1. The lowest BCUT2D eigenvalue weighted by Gasteiger charge is -2.15. The molecule has 27 heteroatoms. The quantitative estimate of drug-likeness (QED) is 0.0537. The molecule has 0 saturated heterocycles. The summed E-state index contributed by atoms with van der Waals surface area (Å²) in [5.74, 6) is -7.34. The molecule has 5 aliphatic rings. The zero-order chi connectivity index (χ0) is 59.3. The smallest absolute Gasteiger partial charge is 0.257 e. The number of nitrogens with one attached hydrogen (secondary N) is 2. The van der Waals surface area contributed by atoms with Gasteiger partial charge in [-0.25, -0.2) is 23.1 Å². The number of Topliss-reactive ketones (excluding diaryl/α,β-unsaturated/α-hetero) is 1. The first-order valence-corrected chi connectivity index (χ1v) is 25.5. The first-order valence-electron chi connectivity index (χ1n) is 24.4. The van der Waals surface area contributed by atoms with Crippen molar-refractivity contribution in [2.24, 2.45) is 17.6 Å². The highest BCUT2D eigenvalue weighted by Gasteiger charge is 2.35. The van der Waals surface area contributed by atoms with Crippen molar-refractivity contribution in [1.29, 1.82) is 0 Å². The van der Waals surface area contributed by atoms with Crippen LogP contribution < -0.4 is 36.3 Å². The number of nitrogens with two attached hydrogens (primary N) is 2. The Kier molecular flexibility index (Phi) is 19.1. The summed E-state index contributed by atoms with van der Waals surface area (Å²) in [4.78, 5) is 75.7. The normalized spacial score (nSPS) is 14.4. The van der Waals surface area contributed by atoms with E-state index in [1.54, 1.807) is 32.1 Å². The minimum atomic E-state index is -1.12. The predicted octanol–water partition coefficient (Wildman–Crippen LogP) is 9.98. The highest BCUT2D eigenvalue weighted by atomic mass is 35.5. The molecule has 6 heterocycles. The van der Waals surface area contributed by atoms with Crippen LogP contribution >= 0.6 is 34.8 Å². The number of ether oxygens (including phenoxy) is 3. The van der Waals surface area contributed by atoms with Gasteiger partial charge < -0.3 is 51.0 Å². The van der Waals surface area contributed by atoms with Gasteiger partial charge in [0.1, 0.15) is 16.1 Å². The summed E-state index contributed by atoms with van der Waals surface area (Å²) in [6.45, 7) is 1.13. The van der Waals surface area contributed by atoms with Gasteiger partial charge in [-0.2, -0.15) is 13.2 Å². The average Bonchev–Trinajstić information content (AvgIpc) is 4.50. The van der Waals surface area contributed by atoms with Crippen LogP contribution in [-0.2, 0) is 35.6 Å². The minimum absolute atomic E-state index is 0.0893. The van der Waals surface area contributed by atoms with Crippen molar-refractivity contribution in [3.8, 4) is 17.2 Å². The van der Waals surface area contributed by atoms with Crippen molar-refractivity contribution in [2.75, 3.05) is 58.8 Å². The Morgan fingerprint density at radius 2 is 0.963 bits per heavy atom. The molecular weight excluding hydrogens is 1140 g/mol. The van der Waals surface area contributed by atoms with E-state index in [0.717, 1.165) is 43.9 Å². The number of nitrogen functional groups attached to an aromatic ring is 1. The molecule has 0 spiro atoms. The maximum absolute atomic E-state index is 14.1. The van der Waals surface area contributed by atoms with Gasteiger partial charge in [0.2, 0.25) is 23.4 Å². The van der Waals surface area contributed by atoms with E-state index >= 15 is 0 Å². The Bertz CT molecular complexity index is 3490. The third-order valence-electron chi connectivity index (χ3n) is 12.8. The molecule has 6 N–H and O–H groups in total. The lowest BCUT2D eigenvalue weighted by atomic mass is 10.1. The highest BCUT2D eigenvalue weighted by molar-refractivity contribution is 6.36. The molecule has 0 atom stereocenters. The lowest BCUT2D eigenvalue weighted by molar-refractivity contribution is -0.120. The summed E-state index contributed by atoms with van der Waals surface area (Å²) in [7, 11) is 8.69. The van der Waals surface area contributed by atoms with Crippen LogP contribution in [0.4, 0.5) is 54.8 Å². The van der Waals surface area contributed by atoms with E-state index in [2.05, 4.69) is 30.3 Å². The Morgan fingerprint density at radius 1 is 0.568 bits per heavy atom. The summed E-state index contributed by atoms with van der Waals surface area (Å²) in [6, 6.07) is 11.4. The standard InChI is InChI=1S/C20H19F2N3O3.C15H12ClF2N3O2.C8H6Cl2N2O.C7H7F2NO.C4H7NO/c1-25-9-15-17(20(25)27)14(7-11(23-15)8-16(26)10-3-4-10)24-13-6-5-12(21)18(22)19(13)28-2;1-21-6-10-12(15(21)22)9(5-11(16)20-10)19-8-4-3-7(17)13(18)14(8)23-2;1-12-3-5-7(8(12)13)4(9)2-6(10)11-5;1-11-7-5(10)3-2-4(8)6(7)9;5-4(6)3-1-2-3/h5-7,10H,3-4,8-9H2,1-2H3,(H,23,24);3-5H,6H2,1-2H3,(H,19,20);2H,3H2,1H3;2-3H,10H2,1H3;3H,1-2H2,(H2,5,6). The van der Waals surface area contributed by atoms with E-state index in [0.29, 0.717) is 80.7 Å². The molecule has 11 rings (SSSR count). The van der Waals surface area contributed by atoms with Gasteiger partial charge in [0, 0.05) is 39.4 Å². The largest absolute Gasteiger partial charge is 0.491 e. The average molecular weight is 1190 g/mol. The molecule has 3 aliphatic heterocycles. The molecule has 3 aromatic heterocycles. The first kappa shape index (κ1) is 60.5. The molecule has 2 fully saturated rings. The number of pyridine rings is 3. The molecule has 3 aromatic carbocycles. The van der Waals surface area contributed by atoms with Crippen LogP contribution in [0.25, 0.3) is 0 Å². The molecule has 0 unspecified atom stereocenters.